The molecular weight excluding hydrogens is 728 g/mol. The molecule has 280 valence electrons. The van der Waals surface area contributed by atoms with Gasteiger partial charge < -0.3 is 78.8 Å². The van der Waals surface area contributed by atoms with Crippen LogP contribution in [0.1, 0.15) is 27.6 Å². The molecule has 0 bridgehead atoms. The number of aliphatic hydroxyl groups is 1. The molecule has 1 saturated heterocycles. The molecule has 4 aromatic carbocycles. The zero-order valence-electron chi connectivity index (χ0n) is 26.9. The molecule has 1 aliphatic rings. The van der Waals surface area contributed by atoms with E-state index in [1.807, 2.05) is 0 Å². The van der Waals surface area contributed by atoms with Crippen LogP contribution in [0.15, 0.2) is 54.8 Å². The van der Waals surface area contributed by atoms with E-state index in [1.54, 1.807) is 0 Å². The van der Waals surface area contributed by atoms with Gasteiger partial charge in [-0.25, -0.2) is 19.2 Å². The Hall–Kier alpha value is -7.32. The van der Waals surface area contributed by atoms with E-state index in [0.29, 0.717) is 12.1 Å². The number of ether oxygens (including phenoxy) is 4. The standard InChI is InChI=1S/C34H24O20/c1-8-26(51-30(45)9-2-13(35)21(40)14(36)3-9)29(54-31(46)10-4-15(37)22(41)16(38)5-10)25(44)34(49-8)50-18-7-12-20-19-11(32(47)53-28(20)24(18)43)6-17(39)23(42)27(19)52-33(12)48/h2-8,25-26,29,34-44H,1H3. The fraction of sp³-hybridized carbons (Fsp3) is 0.176. The lowest BCUT2D eigenvalue weighted by Gasteiger charge is -2.42. The average Bonchev–Trinajstić information content (AvgIpc) is 3.12. The number of carbonyl (C=O) groups excluding carboxylic acids is 2. The van der Waals surface area contributed by atoms with E-state index in [2.05, 4.69) is 0 Å². The summed E-state index contributed by atoms with van der Waals surface area (Å²) in [6.45, 7) is 1.25. The minimum absolute atomic E-state index is 0.200. The van der Waals surface area contributed by atoms with E-state index in [0.717, 1.165) is 24.3 Å². The highest BCUT2D eigenvalue weighted by Gasteiger charge is 2.50. The Morgan fingerprint density at radius 1 is 0.593 bits per heavy atom. The lowest BCUT2D eigenvalue weighted by atomic mass is 9.98. The molecule has 5 unspecified atom stereocenters. The molecule has 1 fully saturated rings. The topological polar surface area (TPSA) is 334 Å². The summed E-state index contributed by atoms with van der Waals surface area (Å²) in [5.41, 5.74) is -4.65. The third-order valence-electron chi connectivity index (χ3n) is 8.63. The first-order valence-electron chi connectivity index (χ1n) is 15.3. The van der Waals surface area contributed by atoms with Gasteiger partial charge in [-0.1, -0.05) is 0 Å². The van der Waals surface area contributed by atoms with E-state index < -0.39 is 134 Å². The van der Waals surface area contributed by atoms with Crippen LogP contribution in [0, 0.1) is 0 Å². The monoisotopic (exact) mass is 752 g/mol. The Morgan fingerprint density at radius 2 is 1.02 bits per heavy atom. The van der Waals surface area contributed by atoms with Crippen LogP contribution in [0.25, 0.3) is 32.7 Å². The summed E-state index contributed by atoms with van der Waals surface area (Å²) in [6.07, 6.45) is -9.32. The maximum absolute atomic E-state index is 13.3. The number of phenolic OH excluding ortho intramolecular Hbond substituents is 9. The molecular formula is C34H24O20. The van der Waals surface area contributed by atoms with Crippen molar-refractivity contribution < 1.29 is 88.4 Å². The minimum atomic E-state index is -2.18. The summed E-state index contributed by atoms with van der Waals surface area (Å²) in [4.78, 5) is 52.4. The zero-order chi connectivity index (χ0) is 39.1. The fourth-order valence-electron chi connectivity index (χ4n) is 6.00. The van der Waals surface area contributed by atoms with Crippen molar-refractivity contribution >= 4 is 44.6 Å². The van der Waals surface area contributed by atoms with E-state index in [1.165, 1.54) is 6.92 Å². The lowest BCUT2D eigenvalue weighted by Crippen LogP contribution is -2.61. The molecule has 10 N–H and O–H groups in total. The van der Waals surface area contributed by atoms with Crippen molar-refractivity contribution in [3.05, 3.63) is 68.4 Å². The normalized spacial score (nSPS) is 20.0. The molecule has 20 nitrogen and oxygen atoms in total. The zero-order valence-corrected chi connectivity index (χ0v) is 26.9. The van der Waals surface area contributed by atoms with Crippen LogP contribution >= 0.6 is 0 Å². The summed E-state index contributed by atoms with van der Waals surface area (Å²) < 4.78 is 32.7. The SMILES string of the molecule is CC1OC(Oc2cc3c(=O)oc4c(O)c(O)cc5c(=O)oc(c2O)c3c45)C(O)C(OC(=O)c2cc(O)c(O)c(O)c2)C1OC(=O)c1cc(O)c(O)c(O)c1. The molecule has 6 aromatic rings. The highest BCUT2D eigenvalue weighted by atomic mass is 16.7. The third kappa shape index (κ3) is 5.48. The molecule has 54 heavy (non-hydrogen) atoms. The minimum Gasteiger partial charge on any atom is -0.504 e. The van der Waals surface area contributed by atoms with Crippen LogP contribution in [-0.2, 0) is 14.2 Å². The molecule has 20 heteroatoms. The second kappa shape index (κ2) is 12.4. The molecule has 7 rings (SSSR count). The predicted octanol–water partition coefficient (Wildman–Crippen LogP) is 1.78. The second-order valence-electron chi connectivity index (χ2n) is 12.0. The first-order chi connectivity index (χ1) is 25.5. The number of benzene rings is 4. The molecule has 0 amide bonds. The van der Waals surface area contributed by atoms with Gasteiger partial charge in [0.2, 0.25) is 17.8 Å². The van der Waals surface area contributed by atoms with E-state index in [9.17, 15) is 70.2 Å². The van der Waals surface area contributed by atoms with Gasteiger partial charge in [0.25, 0.3) is 0 Å². The highest BCUT2D eigenvalue weighted by Crippen LogP contribution is 2.46. The van der Waals surface area contributed by atoms with Gasteiger partial charge in [0.1, 0.15) is 0 Å². The molecule has 2 aromatic heterocycles. The Balaban J connectivity index is 1.28. The van der Waals surface area contributed by atoms with Gasteiger partial charge in [0.05, 0.1) is 28.0 Å². The first kappa shape index (κ1) is 35.1. The third-order valence-corrected chi connectivity index (χ3v) is 8.63. The number of hydrogen-bond donors (Lipinski definition) is 10. The van der Waals surface area contributed by atoms with Crippen molar-refractivity contribution in [1.29, 1.82) is 0 Å². The van der Waals surface area contributed by atoms with Crippen LogP contribution in [0.5, 0.6) is 57.5 Å². The van der Waals surface area contributed by atoms with E-state index in [-0.39, 0.29) is 21.5 Å². The lowest BCUT2D eigenvalue weighted by molar-refractivity contribution is -0.267. The van der Waals surface area contributed by atoms with Crippen molar-refractivity contribution in [2.24, 2.45) is 0 Å². The number of hydrogen-bond acceptors (Lipinski definition) is 20. The van der Waals surface area contributed by atoms with Gasteiger partial charge in [-0.05, 0) is 43.3 Å². The predicted molar refractivity (Wildman–Crippen MR) is 174 cm³/mol. The molecule has 0 saturated carbocycles. The molecule has 0 aliphatic carbocycles. The van der Waals surface area contributed by atoms with Crippen LogP contribution in [0.3, 0.4) is 0 Å². The molecule has 5 atom stereocenters. The maximum Gasteiger partial charge on any atom is 0.344 e. The average molecular weight is 753 g/mol. The largest absolute Gasteiger partial charge is 0.504 e. The van der Waals surface area contributed by atoms with Crippen molar-refractivity contribution in [3.63, 3.8) is 0 Å². The summed E-state index contributed by atoms with van der Waals surface area (Å²) in [7, 11) is 0. The van der Waals surface area contributed by atoms with E-state index >= 15 is 0 Å². The van der Waals surface area contributed by atoms with Crippen molar-refractivity contribution in [2.75, 3.05) is 0 Å². The first-order valence-corrected chi connectivity index (χ1v) is 15.3. The smallest absolute Gasteiger partial charge is 0.344 e. The highest BCUT2D eigenvalue weighted by molar-refractivity contribution is 6.22. The number of aliphatic hydroxyl groups excluding tert-OH is 1. The number of phenols is 9. The van der Waals surface area contributed by atoms with Gasteiger partial charge in [-0.2, -0.15) is 0 Å². The van der Waals surface area contributed by atoms with Gasteiger partial charge in [-0.3, -0.25) is 0 Å². The molecule has 0 radical (unpaired) electrons. The van der Waals surface area contributed by atoms with Crippen molar-refractivity contribution in [1.82, 2.24) is 0 Å². The number of carbonyl (C=O) groups is 2. The van der Waals surface area contributed by atoms with Crippen LogP contribution in [0.2, 0.25) is 0 Å². The Kier molecular flexibility index (Phi) is 8.07. The molecule has 3 heterocycles. The van der Waals surface area contributed by atoms with Crippen molar-refractivity contribution in [2.45, 2.75) is 37.6 Å². The van der Waals surface area contributed by atoms with Gasteiger partial charge >= 0.3 is 23.2 Å². The van der Waals surface area contributed by atoms with Crippen molar-refractivity contribution in [3.8, 4) is 57.5 Å². The number of aromatic hydroxyl groups is 9. The second-order valence-corrected chi connectivity index (χ2v) is 12.0. The Labute approximate surface area is 296 Å². The van der Waals surface area contributed by atoms with Gasteiger partial charge in [0.15, 0.2) is 75.5 Å². The number of rotatable bonds is 6. The molecule has 1 aliphatic heterocycles. The molecule has 0 spiro atoms. The Bertz CT molecular complexity index is 2610. The van der Waals surface area contributed by atoms with Crippen LogP contribution in [-0.4, -0.2) is 93.7 Å². The van der Waals surface area contributed by atoms with E-state index in [4.69, 9.17) is 27.8 Å². The summed E-state index contributed by atoms with van der Waals surface area (Å²) >= 11 is 0. The summed E-state index contributed by atoms with van der Waals surface area (Å²) in [6, 6.07) is 4.62. The summed E-state index contributed by atoms with van der Waals surface area (Å²) in [5, 5.41) is 101. The van der Waals surface area contributed by atoms with Crippen LogP contribution < -0.4 is 16.0 Å². The number of esters is 2. The van der Waals surface area contributed by atoms with Gasteiger partial charge in [-0.15, -0.1) is 0 Å². The maximum atomic E-state index is 13.3. The fourth-order valence-corrected chi connectivity index (χ4v) is 6.00. The quantitative estimate of drug-likeness (QED) is 0.0501. The summed E-state index contributed by atoms with van der Waals surface area (Å²) in [5.74, 6) is -11.6. The Morgan fingerprint density at radius 3 is 1.52 bits per heavy atom. The van der Waals surface area contributed by atoms with Crippen LogP contribution in [0.4, 0.5) is 0 Å². The van der Waals surface area contributed by atoms with Gasteiger partial charge in [0, 0.05) is 10.8 Å².